The van der Waals surface area contributed by atoms with Gasteiger partial charge in [-0.3, -0.25) is 4.79 Å². The van der Waals surface area contributed by atoms with Crippen LogP contribution in [-0.4, -0.2) is 25.2 Å². The van der Waals surface area contributed by atoms with Crippen LogP contribution in [-0.2, 0) is 9.53 Å². The minimum Gasteiger partial charge on any atom is -0.468 e. The zero-order valence-electron chi connectivity index (χ0n) is 11.9. The highest BCUT2D eigenvalue weighted by atomic mass is 19.1. The summed E-state index contributed by atoms with van der Waals surface area (Å²) in [5, 5.41) is 0. The number of methoxy groups -OCH3 is 1. The van der Waals surface area contributed by atoms with Gasteiger partial charge < -0.3 is 9.64 Å². The minimum atomic E-state index is -0.280. The second-order valence-corrected chi connectivity index (χ2v) is 5.78. The van der Waals surface area contributed by atoms with Crippen LogP contribution in [0.25, 0.3) is 0 Å². The number of ether oxygens (including phenoxy) is 1. The van der Waals surface area contributed by atoms with Gasteiger partial charge >= 0.3 is 5.97 Å². The fourth-order valence-electron chi connectivity index (χ4n) is 2.95. The molecule has 0 aliphatic carbocycles. The number of fused-ring (bicyclic) bond motifs is 1. The van der Waals surface area contributed by atoms with Gasteiger partial charge in [-0.05, 0) is 49.9 Å². The summed E-state index contributed by atoms with van der Waals surface area (Å²) < 4.78 is 18.2. The molecule has 0 unspecified atom stereocenters. The molecule has 0 amide bonds. The lowest BCUT2D eigenvalue weighted by Crippen LogP contribution is -2.50. The SMILES string of the molecule is COC(=O)CN1c2ccc(F)cc2[C@@H](C)CC1(C)C. The number of carbonyl (C=O) groups excluding carboxylic acids is 1. The molecule has 2 rings (SSSR count). The lowest BCUT2D eigenvalue weighted by Gasteiger charge is -2.46. The first-order valence-corrected chi connectivity index (χ1v) is 6.49. The molecule has 0 fully saturated rings. The van der Waals surface area contributed by atoms with Crippen LogP contribution in [0, 0.1) is 5.82 Å². The lowest BCUT2D eigenvalue weighted by atomic mass is 9.80. The van der Waals surface area contributed by atoms with Crippen LogP contribution < -0.4 is 4.90 Å². The first-order chi connectivity index (χ1) is 8.85. The molecule has 4 heteroatoms. The number of halogens is 1. The van der Waals surface area contributed by atoms with Crippen molar-refractivity contribution in [1.82, 2.24) is 0 Å². The van der Waals surface area contributed by atoms with Crippen LogP contribution >= 0.6 is 0 Å². The first kappa shape index (κ1) is 13.8. The van der Waals surface area contributed by atoms with Gasteiger partial charge in [0.2, 0.25) is 0 Å². The fraction of sp³-hybridized carbons (Fsp3) is 0.533. The summed E-state index contributed by atoms with van der Waals surface area (Å²) in [6.07, 6.45) is 0.875. The standard InChI is InChI=1S/C15H20FNO2/c1-10-8-15(2,3)17(9-14(18)19-4)13-6-5-11(16)7-12(10)13/h5-7,10H,8-9H2,1-4H3/t10-/m0/s1. The van der Waals surface area contributed by atoms with Gasteiger partial charge in [-0.25, -0.2) is 4.39 Å². The van der Waals surface area contributed by atoms with Gasteiger partial charge in [0.05, 0.1) is 7.11 Å². The van der Waals surface area contributed by atoms with Gasteiger partial charge in [0.1, 0.15) is 12.4 Å². The summed E-state index contributed by atoms with van der Waals surface area (Å²) in [7, 11) is 1.38. The number of rotatable bonds is 2. The van der Waals surface area contributed by atoms with E-state index < -0.39 is 0 Å². The summed E-state index contributed by atoms with van der Waals surface area (Å²) in [5.41, 5.74) is 1.73. The van der Waals surface area contributed by atoms with Crippen LogP contribution in [0.2, 0.25) is 0 Å². The normalized spacial score (nSPS) is 20.9. The van der Waals surface area contributed by atoms with Gasteiger partial charge in [-0.15, -0.1) is 0 Å². The summed E-state index contributed by atoms with van der Waals surface area (Å²) in [4.78, 5) is 13.6. The molecule has 1 atom stereocenters. The van der Waals surface area contributed by atoms with E-state index in [0.717, 1.165) is 17.7 Å². The molecule has 0 spiro atoms. The molecule has 104 valence electrons. The maximum absolute atomic E-state index is 13.4. The first-order valence-electron chi connectivity index (χ1n) is 6.49. The van der Waals surface area contributed by atoms with Gasteiger partial charge in [0.15, 0.2) is 0 Å². The van der Waals surface area contributed by atoms with Crippen molar-refractivity contribution >= 4 is 11.7 Å². The van der Waals surface area contributed by atoms with Crippen LogP contribution in [0.15, 0.2) is 18.2 Å². The Morgan fingerprint density at radius 1 is 1.53 bits per heavy atom. The van der Waals surface area contributed by atoms with E-state index in [-0.39, 0.29) is 29.8 Å². The molecular weight excluding hydrogens is 245 g/mol. The third kappa shape index (κ3) is 2.57. The Kier molecular flexibility index (Phi) is 3.52. The maximum atomic E-state index is 13.4. The van der Waals surface area contributed by atoms with Crippen molar-refractivity contribution < 1.29 is 13.9 Å². The van der Waals surface area contributed by atoms with Crippen LogP contribution in [0.1, 0.15) is 38.7 Å². The molecule has 1 heterocycles. The molecule has 1 aromatic carbocycles. The number of anilines is 1. The smallest absolute Gasteiger partial charge is 0.325 e. The summed E-state index contributed by atoms with van der Waals surface area (Å²) in [6.45, 7) is 6.47. The van der Waals surface area contributed by atoms with E-state index in [9.17, 15) is 9.18 Å². The Bertz CT molecular complexity index is 499. The highest BCUT2D eigenvalue weighted by molar-refractivity contribution is 5.77. The number of nitrogens with zero attached hydrogens (tertiary/aromatic N) is 1. The van der Waals surface area contributed by atoms with Crippen molar-refractivity contribution in [2.45, 2.75) is 38.6 Å². The molecule has 0 saturated heterocycles. The Morgan fingerprint density at radius 3 is 2.84 bits per heavy atom. The van der Waals surface area contributed by atoms with E-state index in [2.05, 4.69) is 20.8 Å². The lowest BCUT2D eigenvalue weighted by molar-refractivity contribution is -0.139. The highest BCUT2D eigenvalue weighted by Gasteiger charge is 2.37. The van der Waals surface area contributed by atoms with E-state index in [0.29, 0.717) is 0 Å². The molecule has 0 aromatic heterocycles. The number of benzene rings is 1. The Balaban J connectivity index is 2.45. The molecule has 0 N–H and O–H groups in total. The number of esters is 1. The van der Waals surface area contributed by atoms with Crippen molar-refractivity contribution in [3.05, 3.63) is 29.6 Å². The second kappa shape index (κ2) is 4.83. The fourth-order valence-corrected chi connectivity index (χ4v) is 2.95. The monoisotopic (exact) mass is 265 g/mol. The van der Waals surface area contributed by atoms with Crippen LogP contribution in [0.4, 0.5) is 10.1 Å². The zero-order chi connectivity index (χ0) is 14.2. The summed E-state index contributed by atoms with van der Waals surface area (Å²) in [6, 6.07) is 4.77. The summed E-state index contributed by atoms with van der Waals surface area (Å²) >= 11 is 0. The number of carbonyl (C=O) groups is 1. The van der Waals surface area contributed by atoms with Crippen molar-refractivity contribution in [3.63, 3.8) is 0 Å². The van der Waals surface area contributed by atoms with Gasteiger partial charge in [-0.2, -0.15) is 0 Å². The molecule has 0 bridgehead atoms. The van der Waals surface area contributed by atoms with Crippen molar-refractivity contribution in [2.24, 2.45) is 0 Å². The Hall–Kier alpha value is -1.58. The Labute approximate surface area is 113 Å². The molecule has 1 aromatic rings. The number of hydrogen-bond donors (Lipinski definition) is 0. The van der Waals surface area contributed by atoms with Crippen molar-refractivity contribution in [1.29, 1.82) is 0 Å². The van der Waals surface area contributed by atoms with E-state index in [4.69, 9.17) is 4.74 Å². The third-order valence-corrected chi connectivity index (χ3v) is 3.86. The quantitative estimate of drug-likeness (QED) is 0.770. The molecule has 19 heavy (non-hydrogen) atoms. The molecule has 0 radical (unpaired) electrons. The molecular formula is C15H20FNO2. The van der Waals surface area contributed by atoms with Crippen molar-refractivity contribution in [3.8, 4) is 0 Å². The highest BCUT2D eigenvalue weighted by Crippen LogP contribution is 2.43. The molecule has 1 aliphatic rings. The maximum Gasteiger partial charge on any atom is 0.325 e. The van der Waals surface area contributed by atoms with Crippen LogP contribution in [0.5, 0.6) is 0 Å². The molecule has 1 aliphatic heterocycles. The largest absolute Gasteiger partial charge is 0.468 e. The van der Waals surface area contributed by atoms with E-state index >= 15 is 0 Å². The average molecular weight is 265 g/mol. The van der Waals surface area contributed by atoms with E-state index in [1.165, 1.54) is 13.2 Å². The van der Waals surface area contributed by atoms with Gasteiger partial charge in [-0.1, -0.05) is 6.92 Å². The molecule has 0 saturated carbocycles. The average Bonchev–Trinajstić information content (AvgIpc) is 2.34. The second-order valence-electron chi connectivity index (χ2n) is 5.78. The topological polar surface area (TPSA) is 29.5 Å². The van der Waals surface area contributed by atoms with Crippen molar-refractivity contribution in [2.75, 3.05) is 18.6 Å². The van der Waals surface area contributed by atoms with E-state index in [1.807, 2.05) is 4.90 Å². The van der Waals surface area contributed by atoms with Gasteiger partial charge in [0, 0.05) is 11.2 Å². The van der Waals surface area contributed by atoms with E-state index in [1.54, 1.807) is 12.1 Å². The number of hydrogen-bond acceptors (Lipinski definition) is 3. The third-order valence-electron chi connectivity index (χ3n) is 3.86. The predicted octanol–water partition coefficient (Wildman–Crippen LogP) is 3.09. The molecule has 3 nitrogen and oxygen atoms in total. The summed E-state index contributed by atoms with van der Waals surface area (Å²) in [5.74, 6) is -0.240. The van der Waals surface area contributed by atoms with Crippen LogP contribution in [0.3, 0.4) is 0 Å². The predicted molar refractivity (Wildman–Crippen MR) is 72.9 cm³/mol. The van der Waals surface area contributed by atoms with Gasteiger partial charge in [0.25, 0.3) is 0 Å². The minimum absolute atomic E-state index is 0.154. The zero-order valence-corrected chi connectivity index (χ0v) is 11.9. The Morgan fingerprint density at radius 2 is 2.21 bits per heavy atom.